The third kappa shape index (κ3) is 7.53. The zero-order valence-electron chi connectivity index (χ0n) is 19.0. The number of amides is 2. The number of carbonyl (C=O) groups is 2. The molecule has 1 aliphatic rings. The van der Waals surface area contributed by atoms with Crippen molar-refractivity contribution >= 4 is 23.6 Å². The maximum absolute atomic E-state index is 13.3. The minimum Gasteiger partial charge on any atom is -0.444 e. The Morgan fingerprint density at radius 2 is 1.59 bits per heavy atom. The maximum Gasteiger partial charge on any atom is 0.408 e. The predicted molar refractivity (Wildman–Crippen MR) is 127 cm³/mol. The van der Waals surface area contributed by atoms with Gasteiger partial charge in [0, 0.05) is 44.2 Å². The quantitative estimate of drug-likeness (QED) is 0.708. The van der Waals surface area contributed by atoms with Gasteiger partial charge in [-0.3, -0.25) is 9.69 Å². The van der Waals surface area contributed by atoms with Crippen LogP contribution in [0.3, 0.4) is 0 Å². The lowest BCUT2D eigenvalue weighted by atomic mass is 10.0. The van der Waals surface area contributed by atoms with Gasteiger partial charge in [0.15, 0.2) is 0 Å². The van der Waals surface area contributed by atoms with Crippen LogP contribution in [0.25, 0.3) is 0 Å². The molecule has 1 N–H and O–H groups in total. The van der Waals surface area contributed by atoms with Crippen LogP contribution in [0.5, 0.6) is 0 Å². The number of alkyl carbamates (subject to hydrolysis) is 1. The van der Waals surface area contributed by atoms with Crippen molar-refractivity contribution in [3.05, 3.63) is 70.7 Å². The normalized spacial score (nSPS) is 15.8. The van der Waals surface area contributed by atoms with E-state index in [1.54, 1.807) is 20.8 Å². The first-order chi connectivity index (χ1) is 15.2. The maximum atomic E-state index is 13.3. The molecule has 7 heteroatoms. The van der Waals surface area contributed by atoms with Gasteiger partial charge in [-0.2, -0.15) is 0 Å². The van der Waals surface area contributed by atoms with Crippen LogP contribution in [0.1, 0.15) is 31.9 Å². The predicted octanol–water partition coefficient (Wildman–Crippen LogP) is 4.12. The van der Waals surface area contributed by atoms with Gasteiger partial charge in [0.05, 0.1) is 0 Å². The molecule has 0 spiro atoms. The average molecular weight is 458 g/mol. The molecule has 32 heavy (non-hydrogen) atoms. The second-order valence-electron chi connectivity index (χ2n) is 9.12. The summed E-state index contributed by atoms with van der Waals surface area (Å²) in [6.45, 7) is 9.03. The highest BCUT2D eigenvalue weighted by Gasteiger charge is 2.30. The van der Waals surface area contributed by atoms with Crippen molar-refractivity contribution in [2.75, 3.05) is 26.2 Å². The van der Waals surface area contributed by atoms with Crippen LogP contribution in [0.4, 0.5) is 4.79 Å². The second-order valence-corrected chi connectivity index (χ2v) is 9.55. The molecule has 6 nitrogen and oxygen atoms in total. The first-order valence-electron chi connectivity index (χ1n) is 11.0. The van der Waals surface area contributed by atoms with E-state index in [4.69, 9.17) is 16.3 Å². The van der Waals surface area contributed by atoms with Crippen LogP contribution in [-0.4, -0.2) is 59.6 Å². The molecular formula is C25H32ClN3O3. The molecular weight excluding hydrogens is 426 g/mol. The Morgan fingerprint density at radius 1 is 0.969 bits per heavy atom. The van der Waals surface area contributed by atoms with E-state index >= 15 is 0 Å². The summed E-state index contributed by atoms with van der Waals surface area (Å²) in [6, 6.07) is 16.9. The van der Waals surface area contributed by atoms with Crippen LogP contribution in [-0.2, 0) is 22.5 Å². The van der Waals surface area contributed by atoms with E-state index in [2.05, 4.69) is 10.2 Å². The molecule has 0 saturated carbocycles. The van der Waals surface area contributed by atoms with E-state index < -0.39 is 17.7 Å². The molecule has 3 rings (SSSR count). The highest BCUT2D eigenvalue weighted by atomic mass is 35.5. The summed E-state index contributed by atoms with van der Waals surface area (Å²) < 4.78 is 5.40. The summed E-state index contributed by atoms with van der Waals surface area (Å²) in [6.07, 6.45) is -0.155. The fourth-order valence-corrected chi connectivity index (χ4v) is 3.82. The van der Waals surface area contributed by atoms with Gasteiger partial charge in [-0.05, 0) is 44.0 Å². The van der Waals surface area contributed by atoms with Crippen molar-refractivity contribution < 1.29 is 14.3 Å². The summed E-state index contributed by atoms with van der Waals surface area (Å²) in [7, 11) is 0. The van der Waals surface area contributed by atoms with Crippen LogP contribution in [0.2, 0.25) is 5.02 Å². The highest BCUT2D eigenvalue weighted by molar-refractivity contribution is 6.30. The monoisotopic (exact) mass is 457 g/mol. The van der Waals surface area contributed by atoms with E-state index in [0.717, 1.165) is 30.2 Å². The van der Waals surface area contributed by atoms with Crippen molar-refractivity contribution in [2.45, 2.75) is 45.4 Å². The SMILES string of the molecule is CC(C)(C)OC(=O)NC(Cc1ccccc1)C(=O)N1CCN(Cc2ccc(Cl)cc2)CC1. The molecule has 0 radical (unpaired) electrons. The van der Waals surface area contributed by atoms with Gasteiger partial charge >= 0.3 is 6.09 Å². The summed E-state index contributed by atoms with van der Waals surface area (Å²) >= 11 is 5.97. The Balaban J connectivity index is 1.61. The number of piperazine rings is 1. The van der Waals surface area contributed by atoms with E-state index in [1.807, 2.05) is 59.5 Å². The topological polar surface area (TPSA) is 61.9 Å². The Morgan fingerprint density at radius 3 is 2.19 bits per heavy atom. The summed E-state index contributed by atoms with van der Waals surface area (Å²) in [5.41, 5.74) is 1.56. The van der Waals surface area contributed by atoms with E-state index in [9.17, 15) is 9.59 Å². The van der Waals surface area contributed by atoms with Crippen LogP contribution < -0.4 is 5.32 Å². The third-order valence-electron chi connectivity index (χ3n) is 5.28. The van der Waals surface area contributed by atoms with Crippen LogP contribution in [0.15, 0.2) is 54.6 Å². The minimum atomic E-state index is -0.671. The average Bonchev–Trinajstić information content (AvgIpc) is 2.74. The fourth-order valence-electron chi connectivity index (χ4n) is 3.69. The molecule has 172 valence electrons. The third-order valence-corrected chi connectivity index (χ3v) is 5.53. The lowest BCUT2D eigenvalue weighted by Crippen LogP contribution is -2.55. The Bertz CT molecular complexity index is 889. The van der Waals surface area contributed by atoms with Crippen molar-refractivity contribution in [3.8, 4) is 0 Å². The van der Waals surface area contributed by atoms with Crippen molar-refractivity contribution in [1.82, 2.24) is 15.1 Å². The second kappa shape index (κ2) is 10.8. The lowest BCUT2D eigenvalue weighted by Gasteiger charge is -2.36. The standard InChI is InChI=1S/C25H32ClN3O3/c1-25(2,3)32-24(31)27-22(17-19-7-5-4-6-8-19)23(30)29-15-13-28(14-16-29)18-20-9-11-21(26)12-10-20/h4-12,22H,13-18H2,1-3H3,(H,27,31). The van der Waals surface area contributed by atoms with Crippen molar-refractivity contribution in [1.29, 1.82) is 0 Å². The fraction of sp³-hybridized carbons (Fsp3) is 0.440. The first-order valence-corrected chi connectivity index (χ1v) is 11.4. The minimum absolute atomic E-state index is 0.0779. The van der Waals surface area contributed by atoms with E-state index in [1.165, 1.54) is 5.56 Å². The Labute approximate surface area is 195 Å². The number of hydrogen-bond donors (Lipinski definition) is 1. The molecule has 0 bridgehead atoms. The number of benzene rings is 2. The molecule has 1 atom stereocenters. The molecule has 1 unspecified atom stereocenters. The van der Waals surface area contributed by atoms with Crippen molar-refractivity contribution in [2.24, 2.45) is 0 Å². The van der Waals surface area contributed by atoms with Gasteiger partial charge in [0.2, 0.25) is 5.91 Å². The highest BCUT2D eigenvalue weighted by Crippen LogP contribution is 2.15. The van der Waals surface area contributed by atoms with Gasteiger partial charge in [-0.15, -0.1) is 0 Å². The molecule has 2 aromatic rings. The largest absolute Gasteiger partial charge is 0.444 e. The number of ether oxygens (including phenoxy) is 1. The summed E-state index contributed by atoms with van der Waals surface area (Å²) in [5, 5.41) is 3.52. The number of nitrogens with one attached hydrogen (secondary N) is 1. The zero-order chi connectivity index (χ0) is 23.1. The summed E-state index contributed by atoms with van der Waals surface area (Å²) in [4.78, 5) is 29.9. The summed E-state index contributed by atoms with van der Waals surface area (Å²) in [5.74, 6) is -0.0779. The number of rotatable bonds is 6. The van der Waals surface area contributed by atoms with Gasteiger partial charge in [-0.25, -0.2) is 4.79 Å². The lowest BCUT2D eigenvalue weighted by molar-refractivity contribution is -0.135. The number of halogens is 1. The van der Waals surface area contributed by atoms with Gasteiger partial charge < -0.3 is 15.0 Å². The molecule has 1 aliphatic heterocycles. The Kier molecular flexibility index (Phi) is 8.15. The zero-order valence-corrected chi connectivity index (χ0v) is 19.8. The number of carbonyl (C=O) groups excluding carboxylic acids is 2. The van der Waals surface area contributed by atoms with E-state index in [0.29, 0.717) is 19.5 Å². The number of nitrogens with zero attached hydrogens (tertiary/aromatic N) is 2. The van der Waals surface area contributed by atoms with Gasteiger partial charge in [-0.1, -0.05) is 54.1 Å². The molecule has 1 saturated heterocycles. The van der Waals surface area contributed by atoms with Crippen LogP contribution in [0, 0.1) is 0 Å². The molecule has 2 amide bonds. The molecule has 1 heterocycles. The molecule has 0 aliphatic carbocycles. The van der Waals surface area contributed by atoms with Crippen molar-refractivity contribution in [3.63, 3.8) is 0 Å². The van der Waals surface area contributed by atoms with Crippen LogP contribution >= 0.6 is 11.6 Å². The number of hydrogen-bond acceptors (Lipinski definition) is 4. The van der Waals surface area contributed by atoms with Gasteiger partial charge in [0.25, 0.3) is 0 Å². The first kappa shape index (κ1) is 24.1. The Hall–Kier alpha value is -2.57. The molecule has 2 aromatic carbocycles. The molecule has 0 aromatic heterocycles. The van der Waals surface area contributed by atoms with E-state index in [-0.39, 0.29) is 5.91 Å². The smallest absolute Gasteiger partial charge is 0.408 e. The van der Waals surface area contributed by atoms with Gasteiger partial charge in [0.1, 0.15) is 11.6 Å². The molecule has 1 fully saturated rings.